The summed E-state index contributed by atoms with van der Waals surface area (Å²) >= 11 is 0. The molecule has 0 saturated carbocycles. The fourth-order valence-corrected chi connectivity index (χ4v) is 4.41. The van der Waals surface area contributed by atoms with Crippen molar-refractivity contribution < 1.29 is 19.4 Å². The highest BCUT2D eigenvalue weighted by molar-refractivity contribution is 5.99. The van der Waals surface area contributed by atoms with E-state index in [0.29, 0.717) is 24.6 Å². The largest absolute Gasteiger partial charge is 0.489 e. The van der Waals surface area contributed by atoms with Gasteiger partial charge in [-0.3, -0.25) is 9.59 Å². The summed E-state index contributed by atoms with van der Waals surface area (Å²) in [5.41, 5.74) is 3.76. The number of aromatic nitrogens is 2. The molecule has 0 spiro atoms. The predicted octanol–water partition coefficient (Wildman–Crippen LogP) is 4.86. The van der Waals surface area contributed by atoms with Crippen LogP contribution in [0.2, 0.25) is 0 Å². The molecule has 0 bridgehead atoms. The van der Waals surface area contributed by atoms with Crippen molar-refractivity contribution in [3.63, 3.8) is 0 Å². The summed E-state index contributed by atoms with van der Waals surface area (Å²) < 4.78 is 7.80. The lowest BCUT2D eigenvalue weighted by atomic mass is 9.72. The molecule has 0 fully saturated rings. The van der Waals surface area contributed by atoms with Crippen LogP contribution in [0.25, 0.3) is 0 Å². The van der Waals surface area contributed by atoms with Crippen LogP contribution >= 0.6 is 0 Å². The summed E-state index contributed by atoms with van der Waals surface area (Å²) in [5, 5.41) is 9.35. The average Bonchev–Trinajstić information content (AvgIpc) is 3.19. The molecule has 32 heavy (non-hydrogen) atoms. The number of carbonyl (C=O) groups excluding carboxylic acids is 1. The lowest BCUT2D eigenvalue weighted by Crippen LogP contribution is -2.27. The zero-order chi connectivity index (χ0) is 22.9. The number of carboxylic acid groups (broad SMARTS) is 1. The van der Waals surface area contributed by atoms with Gasteiger partial charge in [-0.15, -0.1) is 0 Å². The Morgan fingerprint density at radius 3 is 2.62 bits per heavy atom. The number of fused-ring (bicyclic) bond motifs is 1. The highest BCUT2D eigenvalue weighted by Gasteiger charge is 2.31. The number of ether oxygens (including phenoxy) is 1. The number of hydrogen-bond donors (Lipinski definition) is 1. The Labute approximate surface area is 187 Å². The molecule has 0 amide bonds. The summed E-state index contributed by atoms with van der Waals surface area (Å²) in [6, 6.07) is 13.5. The van der Waals surface area contributed by atoms with E-state index >= 15 is 0 Å². The maximum absolute atomic E-state index is 12.4. The van der Waals surface area contributed by atoms with Gasteiger partial charge < -0.3 is 14.4 Å². The Morgan fingerprint density at radius 2 is 1.97 bits per heavy atom. The summed E-state index contributed by atoms with van der Waals surface area (Å²) in [7, 11) is 1.86. The van der Waals surface area contributed by atoms with Gasteiger partial charge in [0.1, 0.15) is 18.2 Å². The molecule has 1 N–H and O–H groups in total. The van der Waals surface area contributed by atoms with Gasteiger partial charge in [-0.2, -0.15) is 0 Å². The first kappa shape index (κ1) is 21.8. The molecule has 0 saturated heterocycles. The molecule has 0 radical (unpaired) electrons. The van der Waals surface area contributed by atoms with Crippen molar-refractivity contribution in [2.24, 2.45) is 7.05 Å². The van der Waals surface area contributed by atoms with E-state index in [9.17, 15) is 14.7 Å². The maximum atomic E-state index is 12.4. The lowest BCUT2D eigenvalue weighted by molar-refractivity contribution is -0.137. The van der Waals surface area contributed by atoms with Crippen LogP contribution in [0, 0.1) is 0 Å². The number of carbonyl (C=O) groups is 2. The number of carboxylic acids is 1. The highest BCUT2D eigenvalue weighted by atomic mass is 16.5. The number of hydrogen-bond acceptors (Lipinski definition) is 4. The van der Waals surface area contributed by atoms with Gasteiger partial charge in [0.15, 0.2) is 5.78 Å². The van der Waals surface area contributed by atoms with Gasteiger partial charge in [-0.05, 0) is 46.7 Å². The smallest absolute Gasteiger partial charge is 0.304 e. The minimum atomic E-state index is -0.872. The van der Waals surface area contributed by atoms with Crippen LogP contribution < -0.4 is 4.74 Å². The van der Waals surface area contributed by atoms with Crippen molar-refractivity contribution in [3.8, 4) is 5.75 Å². The highest BCUT2D eigenvalue weighted by Crippen LogP contribution is 2.37. The van der Waals surface area contributed by atoms with Gasteiger partial charge in [-0.1, -0.05) is 38.1 Å². The van der Waals surface area contributed by atoms with Crippen molar-refractivity contribution in [2.75, 3.05) is 0 Å². The molecule has 166 valence electrons. The number of aliphatic carboxylic acids is 1. The first-order chi connectivity index (χ1) is 15.2. The maximum Gasteiger partial charge on any atom is 0.304 e. The molecule has 6 heteroatoms. The van der Waals surface area contributed by atoms with Gasteiger partial charge in [0, 0.05) is 31.4 Å². The molecule has 1 heterocycles. The number of benzene rings is 2. The van der Waals surface area contributed by atoms with Gasteiger partial charge in [0.2, 0.25) is 0 Å². The molecule has 1 atom stereocenters. The summed E-state index contributed by atoms with van der Waals surface area (Å²) in [4.78, 5) is 28.1. The molecule has 1 aliphatic carbocycles. The van der Waals surface area contributed by atoms with E-state index in [1.54, 1.807) is 6.20 Å². The van der Waals surface area contributed by atoms with Gasteiger partial charge in [-0.25, -0.2) is 4.98 Å². The van der Waals surface area contributed by atoms with Crippen LogP contribution in [-0.4, -0.2) is 26.4 Å². The Hall–Kier alpha value is -3.41. The van der Waals surface area contributed by atoms with Crippen molar-refractivity contribution >= 4 is 11.8 Å². The molecule has 4 rings (SSSR count). The van der Waals surface area contributed by atoms with Crippen LogP contribution in [0.3, 0.4) is 0 Å². The number of Topliss-reactive ketones (excluding diaryl/α,β-unsaturated/α-hetero) is 1. The minimum Gasteiger partial charge on any atom is -0.489 e. The van der Waals surface area contributed by atoms with E-state index in [4.69, 9.17) is 4.74 Å². The topological polar surface area (TPSA) is 81.4 Å². The normalized spacial score (nSPS) is 15.8. The minimum absolute atomic E-state index is 0.0121. The van der Waals surface area contributed by atoms with Gasteiger partial charge in [0.25, 0.3) is 0 Å². The second-order valence-electron chi connectivity index (χ2n) is 9.09. The number of ketones is 1. The van der Waals surface area contributed by atoms with Crippen molar-refractivity contribution in [1.29, 1.82) is 0 Å². The Balaban J connectivity index is 1.48. The SMILES string of the molecule is Cn1ccnc1[C@@H](CC(=O)O)c1ccc(OCc2ccc3c(c2)C(=O)CCC3(C)C)cc1. The molecule has 3 aromatic rings. The third kappa shape index (κ3) is 4.44. The van der Waals surface area contributed by atoms with Gasteiger partial charge in [0.05, 0.1) is 12.3 Å². The second kappa shape index (κ2) is 8.61. The fourth-order valence-electron chi connectivity index (χ4n) is 4.41. The van der Waals surface area contributed by atoms with Crippen molar-refractivity contribution in [1.82, 2.24) is 9.55 Å². The fraction of sp³-hybridized carbons (Fsp3) is 0.346. The van der Waals surface area contributed by atoms with E-state index in [1.807, 2.05) is 54.2 Å². The van der Waals surface area contributed by atoms with E-state index in [0.717, 1.165) is 28.7 Å². The van der Waals surface area contributed by atoms with Crippen LogP contribution in [0.15, 0.2) is 54.9 Å². The average molecular weight is 433 g/mol. The number of rotatable bonds is 7. The van der Waals surface area contributed by atoms with E-state index in [1.165, 1.54) is 0 Å². The Bertz CT molecular complexity index is 1140. The molecule has 1 aliphatic rings. The number of nitrogens with zero attached hydrogens (tertiary/aromatic N) is 2. The Morgan fingerprint density at radius 1 is 1.22 bits per heavy atom. The third-order valence-corrected chi connectivity index (χ3v) is 6.33. The first-order valence-corrected chi connectivity index (χ1v) is 10.8. The zero-order valence-electron chi connectivity index (χ0n) is 18.7. The van der Waals surface area contributed by atoms with Crippen LogP contribution in [-0.2, 0) is 23.9 Å². The summed E-state index contributed by atoms with van der Waals surface area (Å²) in [6.07, 6.45) is 4.91. The zero-order valence-corrected chi connectivity index (χ0v) is 18.7. The monoisotopic (exact) mass is 432 g/mol. The van der Waals surface area contributed by atoms with E-state index in [2.05, 4.69) is 24.9 Å². The summed E-state index contributed by atoms with van der Waals surface area (Å²) in [6.45, 7) is 4.72. The number of imidazole rings is 1. The molecule has 1 aromatic heterocycles. The lowest BCUT2D eigenvalue weighted by Gasteiger charge is -2.31. The van der Waals surface area contributed by atoms with Crippen molar-refractivity contribution in [2.45, 2.75) is 51.0 Å². The van der Waals surface area contributed by atoms with Crippen LogP contribution in [0.5, 0.6) is 5.75 Å². The van der Waals surface area contributed by atoms with Gasteiger partial charge >= 0.3 is 5.97 Å². The van der Waals surface area contributed by atoms with Crippen molar-refractivity contribution in [3.05, 3.63) is 82.9 Å². The third-order valence-electron chi connectivity index (χ3n) is 6.33. The quantitative estimate of drug-likeness (QED) is 0.577. The standard InChI is InChI=1S/C26H28N2O4/c1-26(2)11-10-23(29)21-14-17(4-9-22(21)26)16-32-19-7-5-18(6-8-19)20(15-24(30)31)25-27-12-13-28(25)3/h4-9,12-14,20H,10-11,15-16H2,1-3H3,(H,30,31)/t20-/m0/s1. The Kier molecular flexibility index (Phi) is 5.87. The van der Waals surface area contributed by atoms with Crippen LogP contribution in [0.4, 0.5) is 0 Å². The predicted molar refractivity (Wildman–Crippen MR) is 121 cm³/mol. The molecular formula is C26H28N2O4. The van der Waals surface area contributed by atoms with Crippen LogP contribution in [0.1, 0.15) is 71.9 Å². The van der Waals surface area contributed by atoms with E-state index < -0.39 is 5.97 Å². The second-order valence-corrected chi connectivity index (χ2v) is 9.09. The molecule has 6 nitrogen and oxygen atoms in total. The number of aryl methyl sites for hydroxylation is 1. The first-order valence-electron chi connectivity index (χ1n) is 10.8. The molecule has 0 aliphatic heterocycles. The summed E-state index contributed by atoms with van der Waals surface area (Å²) in [5.74, 6) is 0.388. The molecule has 2 aromatic carbocycles. The van der Waals surface area contributed by atoms with E-state index in [-0.39, 0.29) is 23.5 Å². The molecular weight excluding hydrogens is 404 g/mol. The molecule has 0 unspecified atom stereocenters.